The van der Waals surface area contributed by atoms with Crippen molar-refractivity contribution in [3.63, 3.8) is 0 Å². The molecule has 2 bridgehead atoms. The Kier molecular flexibility index (Phi) is 6.27. The molecule has 10 nitrogen and oxygen atoms in total. The molecule has 0 radical (unpaired) electrons. The highest BCUT2D eigenvalue weighted by Crippen LogP contribution is 2.71. The molecular weight excluding hydrogens is 480 g/mol. The maximum absolute atomic E-state index is 14.1. The van der Waals surface area contributed by atoms with E-state index in [1.807, 2.05) is 45.0 Å². The van der Waals surface area contributed by atoms with Crippen molar-refractivity contribution >= 4 is 40.5 Å². The number of aromatic nitrogens is 3. The first-order valence-corrected chi connectivity index (χ1v) is 13.4. The van der Waals surface area contributed by atoms with Crippen molar-refractivity contribution in [3.8, 4) is 0 Å². The zero-order valence-corrected chi connectivity index (χ0v) is 21.9. The van der Waals surface area contributed by atoms with E-state index in [4.69, 9.17) is 0 Å². The Balaban J connectivity index is 1.52. The summed E-state index contributed by atoms with van der Waals surface area (Å²) in [6.07, 6.45) is 2.16. The summed E-state index contributed by atoms with van der Waals surface area (Å²) in [5.41, 5.74) is 1.52. The van der Waals surface area contributed by atoms with Gasteiger partial charge in [-0.05, 0) is 37.8 Å². The zero-order valence-electron chi connectivity index (χ0n) is 21.1. The second kappa shape index (κ2) is 9.02. The largest absolute Gasteiger partial charge is 0.394 e. The number of carbonyl (C=O) groups is 3. The first-order chi connectivity index (χ1) is 17.2. The maximum Gasteiger partial charge on any atom is 0.245 e. The third-order valence-electron chi connectivity index (χ3n) is 8.66. The molecule has 2 unspecified atom stereocenters. The first kappa shape index (κ1) is 25.0. The van der Waals surface area contributed by atoms with Gasteiger partial charge in [-0.15, -0.1) is 16.9 Å². The van der Waals surface area contributed by atoms with Crippen LogP contribution >= 0.6 is 11.8 Å². The van der Waals surface area contributed by atoms with Gasteiger partial charge in [-0.3, -0.25) is 14.4 Å². The number of benzene rings is 1. The van der Waals surface area contributed by atoms with Gasteiger partial charge in [-0.25, -0.2) is 4.68 Å². The quantitative estimate of drug-likeness (QED) is 0.482. The van der Waals surface area contributed by atoms with Crippen LogP contribution in [0.15, 0.2) is 24.3 Å². The van der Waals surface area contributed by atoms with Crippen molar-refractivity contribution in [2.45, 2.75) is 68.3 Å². The van der Waals surface area contributed by atoms with E-state index < -0.39 is 33.4 Å². The van der Waals surface area contributed by atoms with Crippen LogP contribution < -0.4 is 10.6 Å². The number of nitrogens with one attached hydrogen (secondary N) is 2. The fourth-order valence-electron chi connectivity index (χ4n) is 6.67. The van der Waals surface area contributed by atoms with Crippen LogP contribution in [0.4, 0.5) is 0 Å². The molecule has 1 spiro atoms. The number of amides is 3. The second-order valence-electron chi connectivity index (χ2n) is 10.5. The van der Waals surface area contributed by atoms with Crippen molar-refractivity contribution in [2.24, 2.45) is 17.8 Å². The summed E-state index contributed by atoms with van der Waals surface area (Å²) in [6.45, 7) is 5.89. The van der Waals surface area contributed by atoms with Crippen LogP contribution in [0.3, 0.4) is 0 Å². The normalized spacial score (nSPS) is 32.5. The third-order valence-corrected chi connectivity index (χ3v) is 10.6. The fourth-order valence-corrected chi connectivity index (χ4v) is 9.02. The van der Waals surface area contributed by atoms with Gasteiger partial charge in [-0.1, -0.05) is 37.6 Å². The van der Waals surface area contributed by atoms with E-state index in [1.54, 1.807) is 28.4 Å². The SMILES string of the molecule is CC[C@H](C)[C@H](CO)N1C(=O)[C@@H]2[C@@H](C(=O)NC)[C@@]3(C)CCC2(S3)C1C(=O)NCn1nnc2ccccc21. The molecule has 5 rings (SSSR count). The Morgan fingerprint density at radius 2 is 2.03 bits per heavy atom. The lowest BCUT2D eigenvalue weighted by Crippen LogP contribution is -2.58. The highest BCUT2D eigenvalue weighted by molar-refractivity contribution is 8.02. The topological polar surface area (TPSA) is 129 Å². The Morgan fingerprint density at radius 1 is 1.28 bits per heavy atom. The van der Waals surface area contributed by atoms with Gasteiger partial charge < -0.3 is 20.6 Å². The van der Waals surface area contributed by atoms with Crippen molar-refractivity contribution in [1.29, 1.82) is 0 Å². The van der Waals surface area contributed by atoms with Crippen LogP contribution in [0, 0.1) is 17.8 Å². The minimum Gasteiger partial charge on any atom is -0.394 e. The summed E-state index contributed by atoms with van der Waals surface area (Å²) >= 11 is 1.62. The van der Waals surface area contributed by atoms with Crippen molar-refractivity contribution in [2.75, 3.05) is 13.7 Å². The van der Waals surface area contributed by atoms with E-state index in [0.29, 0.717) is 6.42 Å². The van der Waals surface area contributed by atoms with Gasteiger partial charge in [0.1, 0.15) is 18.2 Å². The molecule has 3 fully saturated rings. The van der Waals surface area contributed by atoms with Crippen molar-refractivity contribution in [1.82, 2.24) is 30.5 Å². The molecule has 194 valence electrons. The van der Waals surface area contributed by atoms with Crippen molar-refractivity contribution in [3.05, 3.63) is 24.3 Å². The molecule has 2 aromatic rings. The van der Waals surface area contributed by atoms with Gasteiger partial charge >= 0.3 is 0 Å². The Labute approximate surface area is 214 Å². The van der Waals surface area contributed by atoms with Gasteiger partial charge in [0.2, 0.25) is 17.7 Å². The smallest absolute Gasteiger partial charge is 0.245 e. The molecule has 3 amide bonds. The van der Waals surface area contributed by atoms with Crippen LogP contribution in [0.2, 0.25) is 0 Å². The lowest BCUT2D eigenvalue weighted by Gasteiger charge is -2.39. The van der Waals surface area contributed by atoms with Gasteiger partial charge in [0.15, 0.2) is 0 Å². The number of likely N-dealkylation sites (tertiary alicyclic amines) is 1. The molecule has 1 aromatic heterocycles. The van der Waals surface area contributed by atoms with E-state index in [2.05, 4.69) is 20.9 Å². The molecule has 0 saturated carbocycles. The number of rotatable bonds is 8. The minimum atomic E-state index is -0.794. The first-order valence-electron chi connectivity index (χ1n) is 12.6. The third kappa shape index (κ3) is 3.46. The number of aliphatic hydroxyl groups excluding tert-OH is 1. The van der Waals surface area contributed by atoms with E-state index >= 15 is 0 Å². The van der Waals surface area contributed by atoms with Crippen LogP contribution in [-0.2, 0) is 21.1 Å². The number of nitrogens with zero attached hydrogens (tertiary/aromatic N) is 4. The standard InChI is InChI=1S/C25H34N6O4S/c1-5-14(2)17(12-32)31-20(22(34)27-13-30-16-9-7-6-8-15(16)28-29-30)25-11-10-24(3,36-25)18(21(33)26-4)19(25)23(31)35/h6-9,14,17-20,32H,5,10-13H2,1-4H3,(H,26,33)(H,27,34)/t14-,17-,18-,19-,20?,24+,25?/m0/s1. The molecule has 7 atom stereocenters. The number of thioether (sulfide) groups is 1. The Morgan fingerprint density at radius 3 is 2.72 bits per heavy atom. The second-order valence-corrected chi connectivity index (χ2v) is 12.4. The number of aliphatic hydroxyl groups is 1. The molecule has 3 saturated heterocycles. The molecule has 0 aliphatic carbocycles. The molecule has 3 N–H and O–H groups in total. The van der Waals surface area contributed by atoms with Gasteiger partial charge in [0, 0.05) is 11.8 Å². The van der Waals surface area contributed by atoms with Crippen LogP contribution in [0.5, 0.6) is 0 Å². The van der Waals surface area contributed by atoms with E-state index in [9.17, 15) is 19.5 Å². The molecular formula is C25H34N6O4S. The summed E-state index contributed by atoms with van der Waals surface area (Å²) in [5.74, 6) is -1.80. The Hall–Kier alpha value is -2.66. The lowest BCUT2D eigenvalue weighted by atomic mass is 9.66. The number of fused-ring (bicyclic) bond motifs is 2. The Bertz CT molecular complexity index is 1200. The highest BCUT2D eigenvalue weighted by atomic mass is 32.2. The molecule has 1 aromatic carbocycles. The fraction of sp³-hybridized carbons (Fsp3) is 0.640. The minimum absolute atomic E-state index is 0.0139. The summed E-state index contributed by atoms with van der Waals surface area (Å²) in [7, 11) is 1.59. The van der Waals surface area contributed by atoms with E-state index in [0.717, 1.165) is 23.9 Å². The summed E-state index contributed by atoms with van der Waals surface area (Å²) in [5, 5.41) is 24.4. The summed E-state index contributed by atoms with van der Waals surface area (Å²) in [6, 6.07) is 6.20. The number of hydrogen-bond acceptors (Lipinski definition) is 7. The molecule has 4 heterocycles. The molecule has 3 aliphatic rings. The summed E-state index contributed by atoms with van der Waals surface area (Å²) in [4.78, 5) is 42.7. The maximum atomic E-state index is 14.1. The van der Waals surface area contributed by atoms with Gasteiger partial charge in [-0.2, -0.15) is 0 Å². The molecule has 36 heavy (non-hydrogen) atoms. The van der Waals surface area contributed by atoms with Crippen molar-refractivity contribution < 1.29 is 19.5 Å². The number of carbonyl (C=O) groups excluding carboxylic acids is 3. The van der Waals surface area contributed by atoms with E-state index in [1.165, 1.54) is 0 Å². The number of hydrogen-bond donors (Lipinski definition) is 3. The van der Waals surface area contributed by atoms with Crippen LogP contribution in [0.25, 0.3) is 11.0 Å². The zero-order chi connectivity index (χ0) is 25.8. The summed E-state index contributed by atoms with van der Waals surface area (Å²) < 4.78 is 0.478. The lowest BCUT2D eigenvalue weighted by molar-refractivity contribution is -0.144. The van der Waals surface area contributed by atoms with E-state index in [-0.39, 0.29) is 36.9 Å². The van der Waals surface area contributed by atoms with Gasteiger partial charge in [0.05, 0.1) is 34.7 Å². The molecule has 11 heteroatoms. The average Bonchev–Trinajstić information content (AvgIpc) is 3.58. The highest BCUT2D eigenvalue weighted by Gasteiger charge is 2.77. The van der Waals surface area contributed by atoms with Crippen LogP contribution in [0.1, 0.15) is 40.0 Å². The average molecular weight is 515 g/mol. The van der Waals surface area contributed by atoms with Crippen LogP contribution in [-0.4, -0.2) is 78.0 Å². The monoisotopic (exact) mass is 514 g/mol. The molecule has 3 aliphatic heterocycles. The predicted octanol–water partition coefficient (Wildman–Crippen LogP) is 1.14. The predicted molar refractivity (Wildman–Crippen MR) is 136 cm³/mol. The van der Waals surface area contributed by atoms with Gasteiger partial charge in [0.25, 0.3) is 0 Å². The number of para-hydroxylation sites is 1.